The summed E-state index contributed by atoms with van der Waals surface area (Å²) in [5.74, 6) is 1.92. The highest BCUT2D eigenvalue weighted by atomic mass is 33.1. The van der Waals surface area contributed by atoms with Crippen molar-refractivity contribution in [2.24, 2.45) is 0 Å². The molecule has 2 nitrogen and oxygen atoms in total. The summed E-state index contributed by atoms with van der Waals surface area (Å²) >= 11 is 0. The number of aryl methyl sites for hydroxylation is 4. The van der Waals surface area contributed by atoms with Gasteiger partial charge in [-0.15, -0.1) is 0 Å². The van der Waals surface area contributed by atoms with Crippen molar-refractivity contribution >= 4 is 21.6 Å². The molecule has 2 rings (SSSR count). The van der Waals surface area contributed by atoms with Crippen LogP contribution in [0, 0.1) is 27.7 Å². The largest absolute Gasteiger partial charge is 0.303 e. The Morgan fingerprint density at radius 2 is 0.917 bits per heavy atom. The van der Waals surface area contributed by atoms with E-state index in [0.717, 1.165) is 24.8 Å². The lowest BCUT2D eigenvalue weighted by molar-refractivity contribution is 0.793. The lowest BCUT2D eigenvalue weighted by atomic mass is 10.1. The van der Waals surface area contributed by atoms with E-state index in [1.54, 1.807) is 0 Å². The van der Waals surface area contributed by atoms with Crippen LogP contribution in [-0.4, -0.2) is 11.8 Å². The third-order valence-corrected chi connectivity index (χ3v) is 5.64. The summed E-state index contributed by atoms with van der Waals surface area (Å²) in [4.78, 5) is 0. The van der Waals surface area contributed by atoms with Crippen LogP contribution in [0.3, 0.4) is 0 Å². The van der Waals surface area contributed by atoms with Gasteiger partial charge in [0.15, 0.2) is 0 Å². The average molecular weight is 361 g/mol. The lowest BCUT2D eigenvalue weighted by Crippen LogP contribution is -2.14. The van der Waals surface area contributed by atoms with E-state index in [0.29, 0.717) is 0 Å². The molecule has 130 valence electrons. The van der Waals surface area contributed by atoms with Gasteiger partial charge in [0.1, 0.15) is 0 Å². The van der Waals surface area contributed by atoms with E-state index in [2.05, 4.69) is 74.7 Å². The van der Waals surface area contributed by atoms with Crippen LogP contribution in [0.2, 0.25) is 0 Å². The maximum Gasteiger partial charge on any atom is 0.0526 e. The van der Waals surface area contributed by atoms with Crippen LogP contribution in [0.1, 0.15) is 33.4 Å². The van der Waals surface area contributed by atoms with Crippen LogP contribution in [-0.2, 0) is 13.1 Å². The van der Waals surface area contributed by atoms with Gasteiger partial charge in [-0.05, 0) is 38.8 Å². The van der Waals surface area contributed by atoms with Gasteiger partial charge in [-0.1, -0.05) is 80.2 Å². The Morgan fingerprint density at radius 3 is 1.25 bits per heavy atom. The number of hydrogen-bond donors (Lipinski definition) is 2. The van der Waals surface area contributed by atoms with Crippen LogP contribution >= 0.6 is 21.6 Å². The van der Waals surface area contributed by atoms with Crippen molar-refractivity contribution in [3.63, 3.8) is 0 Å². The molecule has 2 aromatic rings. The van der Waals surface area contributed by atoms with Crippen LogP contribution in [0.4, 0.5) is 0 Å². The maximum absolute atomic E-state index is 3.49. The van der Waals surface area contributed by atoms with Gasteiger partial charge in [0, 0.05) is 13.1 Å². The minimum Gasteiger partial charge on any atom is -0.303 e. The number of nitrogens with one attached hydrogen (secondary N) is 2. The number of hydrogen-bond acceptors (Lipinski definition) is 4. The van der Waals surface area contributed by atoms with Gasteiger partial charge in [0.05, 0.1) is 11.8 Å². The normalized spacial score (nSPS) is 11.0. The van der Waals surface area contributed by atoms with Gasteiger partial charge in [-0.3, -0.25) is 0 Å². The van der Waals surface area contributed by atoms with Crippen LogP contribution in [0.25, 0.3) is 0 Å². The topological polar surface area (TPSA) is 24.1 Å². The molecule has 0 aliphatic heterocycles. The molecule has 0 atom stereocenters. The van der Waals surface area contributed by atoms with Crippen molar-refractivity contribution in [1.82, 2.24) is 10.6 Å². The van der Waals surface area contributed by atoms with Crippen molar-refractivity contribution in [3.8, 4) is 0 Å². The third kappa shape index (κ3) is 7.31. The Bertz CT molecular complexity index is 558. The first-order valence-corrected chi connectivity index (χ1v) is 10.8. The first kappa shape index (κ1) is 19.4. The Balaban J connectivity index is 1.55. The maximum atomic E-state index is 3.49. The fourth-order valence-corrected chi connectivity index (χ4v) is 4.44. The Labute approximate surface area is 154 Å². The molecule has 0 saturated heterocycles. The fraction of sp³-hybridized carbons (Fsp3) is 0.400. The highest BCUT2D eigenvalue weighted by Gasteiger charge is 1.98. The molecular weight excluding hydrogens is 332 g/mol. The second-order valence-electron chi connectivity index (χ2n) is 6.37. The highest BCUT2D eigenvalue weighted by Crippen LogP contribution is 2.19. The molecule has 0 bridgehead atoms. The molecular formula is C20H28N2S2. The predicted molar refractivity (Wildman–Crippen MR) is 110 cm³/mol. The molecule has 0 unspecified atom stereocenters. The molecule has 0 fully saturated rings. The molecule has 4 heteroatoms. The van der Waals surface area contributed by atoms with Crippen molar-refractivity contribution in [3.05, 3.63) is 69.8 Å². The van der Waals surface area contributed by atoms with Crippen molar-refractivity contribution in [2.45, 2.75) is 40.8 Å². The quantitative estimate of drug-likeness (QED) is 0.369. The first-order chi connectivity index (χ1) is 11.5. The first-order valence-electron chi connectivity index (χ1n) is 8.33. The van der Waals surface area contributed by atoms with E-state index >= 15 is 0 Å². The van der Waals surface area contributed by atoms with E-state index < -0.39 is 0 Å². The van der Waals surface area contributed by atoms with E-state index in [1.807, 2.05) is 21.6 Å². The Morgan fingerprint density at radius 1 is 0.583 bits per heavy atom. The average Bonchev–Trinajstić information content (AvgIpc) is 2.48. The summed E-state index contributed by atoms with van der Waals surface area (Å²) in [5.41, 5.74) is 8.08. The van der Waals surface area contributed by atoms with Crippen LogP contribution in [0.15, 0.2) is 36.4 Å². The number of benzene rings is 2. The minimum atomic E-state index is 0.937. The summed E-state index contributed by atoms with van der Waals surface area (Å²) in [7, 11) is 3.73. The van der Waals surface area contributed by atoms with Crippen LogP contribution in [0.5, 0.6) is 0 Å². The molecule has 0 heterocycles. The van der Waals surface area contributed by atoms with Gasteiger partial charge >= 0.3 is 0 Å². The summed E-state index contributed by atoms with van der Waals surface area (Å²) in [6.07, 6.45) is 0. The number of rotatable bonds is 9. The third-order valence-electron chi connectivity index (χ3n) is 3.63. The standard InChI is InChI=1S/C20H28N2S2/c1-15-5-16(2)8-19(7-15)11-21-13-23-24-14-22-12-20-9-17(3)6-18(4)10-20/h5-10,21-22H,11-14H2,1-4H3. The summed E-state index contributed by atoms with van der Waals surface area (Å²) in [6, 6.07) is 13.4. The molecule has 0 radical (unpaired) electrons. The van der Waals surface area contributed by atoms with Gasteiger partial charge in [-0.2, -0.15) is 0 Å². The SMILES string of the molecule is Cc1cc(C)cc(CNCSSCNCc2cc(C)cc(C)c2)c1. The molecule has 2 aromatic carbocycles. The van der Waals surface area contributed by atoms with Gasteiger partial charge in [0.25, 0.3) is 0 Å². The fourth-order valence-electron chi connectivity index (χ4n) is 2.90. The minimum absolute atomic E-state index is 0.937. The van der Waals surface area contributed by atoms with E-state index in [-0.39, 0.29) is 0 Å². The smallest absolute Gasteiger partial charge is 0.0526 e. The van der Waals surface area contributed by atoms with E-state index in [1.165, 1.54) is 33.4 Å². The van der Waals surface area contributed by atoms with E-state index in [9.17, 15) is 0 Å². The molecule has 0 aliphatic carbocycles. The predicted octanol–water partition coefficient (Wildman–Crippen LogP) is 5.10. The highest BCUT2D eigenvalue weighted by molar-refractivity contribution is 8.76. The lowest BCUT2D eigenvalue weighted by Gasteiger charge is -2.08. The molecule has 0 amide bonds. The Kier molecular flexibility index (Phi) is 8.19. The second-order valence-corrected chi connectivity index (χ2v) is 8.83. The zero-order valence-corrected chi connectivity index (χ0v) is 16.7. The zero-order chi connectivity index (χ0) is 17.4. The van der Waals surface area contributed by atoms with Crippen molar-refractivity contribution in [1.29, 1.82) is 0 Å². The van der Waals surface area contributed by atoms with E-state index in [4.69, 9.17) is 0 Å². The van der Waals surface area contributed by atoms with Gasteiger partial charge in [0.2, 0.25) is 0 Å². The molecule has 0 spiro atoms. The zero-order valence-electron chi connectivity index (χ0n) is 15.1. The summed E-state index contributed by atoms with van der Waals surface area (Å²) in [6.45, 7) is 10.5. The van der Waals surface area contributed by atoms with Crippen molar-refractivity contribution in [2.75, 3.05) is 11.8 Å². The second kappa shape index (κ2) is 10.1. The Hall–Kier alpha value is -0.940. The molecule has 0 saturated carbocycles. The summed E-state index contributed by atoms with van der Waals surface area (Å²) in [5, 5.41) is 6.99. The van der Waals surface area contributed by atoms with Crippen molar-refractivity contribution < 1.29 is 0 Å². The monoisotopic (exact) mass is 360 g/mol. The molecule has 2 N–H and O–H groups in total. The molecule has 0 aliphatic rings. The molecule has 0 aromatic heterocycles. The van der Waals surface area contributed by atoms with Crippen LogP contribution < -0.4 is 10.6 Å². The van der Waals surface area contributed by atoms with Gasteiger partial charge in [-0.25, -0.2) is 0 Å². The summed E-state index contributed by atoms with van der Waals surface area (Å²) < 4.78 is 0. The van der Waals surface area contributed by atoms with Gasteiger partial charge < -0.3 is 10.6 Å². The molecule has 24 heavy (non-hydrogen) atoms.